The Hall–Kier alpha value is -2.61. The number of carbonyl (C=O) groups is 1. The van der Waals surface area contributed by atoms with E-state index >= 15 is 0 Å². The molecule has 3 aromatic rings. The number of hydrogen-bond donors (Lipinski definition) is 1. The highest BCUT2D eigenvalue weighted by molar-refractivity contribution is 6.01. The second-order valence-corrected chi connectivity index (χ2v) is 5.32. The fourth-order valence-electron chi connectivity index (χ4n) is 2.55. The van der Waals surface area contributed by atoms with Gasteiger partial charge in [-0.15, -0.1) is 0 Å². The average Bonchev–Trinajstić information content (AvgIpc) is 2.50. The summed E-state index contributed by atoms with van der Waals surface area (Å²) in [5, 5.41) is 13.8. The molecule has 0 amide bonds. The topological polar surface area (TPSA) is 37.3 Å². The van der Waals surface area contributed by atoms with Gasteiger partial charge < -0.3 is 5.11 Å². The van der Waals surface area contributed by atoms with Crippen molar-refractivity contribution < 1.29 is 9.90 Å². The van der Waals surface area contributed by atoms with E-state index in [1.165, 1.54) is 16.2 Å². The molecule has 0 heterocycles. The summed E-state index contributed by atoms with van der Waals surface area (Å²) < 4.78 is 0. The van der Waals surface area contributed by atoms with E-state index in [2.05, 4.69) is 36.4 Å². The minimum absolute atomic E-state index is 0.384. The molecule has 3 aromatic carbocycles. The van der Waals surface area contributed by atoms with E-state index < -0.39 is 5.97 Å². The highest BCUT2D eigenvalue weighted by Crippen LogP contribution is 2.27. The molecule has 0 fully saturated rings. The molecule has 0 radical (unpaired) electrons. The van der Waals surface area contributed by atoms with Crippen molar-refractivity contribution >= 4 is 33.1 Å². The maximum absolute atomic E-state index is 11.1. The molecule has 0 aliphatic heterocycles. The zero-order valence-corrected chi connectivity index (χ0v) is 12.1. The quantitative estimate of drug-likeness (QED) is 0.535. The third kappa shape index (κ3) is 2.40. The van der Waals surface area contributed by atoms with Gasteiger partial charge >= 0.3 is 5.97 Å². The van der Waals surface area contributed by atoms with Crippen LogP contribution in [0.15, 0.2) is 60.2 Å². The molecule has 1 N–H and O–H groups in total. The van der Waals surface area contributed by atoms with Crippen molar-refractivity contribution in [1.29, 1.82) is 0 Å². The number of fused-ring (bicyclic) bond motifs is 2. The van der Waals surface area contributed by atoms with Crippen molar-refractivity contribution in [2.24, 2.45) is 0 Å². The first-order valence-corrected chi connectivity index (χ1v) is 6.90. The molecule has 21 heavy (non-hydrogen) atoms. The molecule has 0 saturated heterocycles. The van der Waals surface area contributed by atoms with E-state index in [0.717, 1.165) is 16.5 Å². The van der Waals surface area contributed by atoms with Crippen LogP contribution in [-0.4, -0.2) is 11.1 Å². The number of benzene rings is 3. The van der Waals surface area contributed by atoms with Crippen LogP contribution in [0.3, 0.4) is 0 Å². The van der Waals surface area contributed by atoms with Gasteiger partial charge in [0, 0.05) is 5.57 Å². The molecule has 0 aromatic heterocycles. The summed E-state index contributed by atoms with van der Waals surface area (Å²) in [6.45, 7) is 3.49. The summed E-state index contributed by atoms with van der Waals surface area (Å²) >= 11 is 0. The fourth-order valence-corrected chi connectivity index (χ4v) is 2.55. The van der Waals surface area contributed by atoms with Crippen LogP contribution in [0.4, 0.5) is 0 Å². The Kier molecular flexibility index (Phi) is 3.22. The fraction of sp³-hybridized carbons (Fsp3) is 0.105. The van der Waals surface area contributed by atoms with Crippen LogP contribution >= 0.6 is 0 Å². The van der Waals surface area contributed by atoms with E-state index in [1.807, 2.05) is 25.1 Å². The Labute approximate surface area is 123 Å². The number of allylic oxidation sites excluding steroid dienone is 1. The molecule has 0 spiro atoms. The van der Waals surface area contributed by atoms with E-state index in [0.29, 0.717) is 5.57 Å². The normalized spacial score (nSPS) is 12.5. The largest absolute Gasteiger partial charge is 0.478 e. The summed E-state index contributed by atoms with van der Waals surface area (Å²) in [5.74, 6) is -0.869. The van der Waals surface area contributed by atoms with Crippen molar-refractivity contribution in [3.8, 4) is 0 Å². The van der Waals surface area contributed by atoms with Crippen LogP contribution in [0.2, 0.25) is 0 Å². The predicted molar refractivity (Wildman–Crippen MR) is 87.4 cm³/mol. The first kappa shape index (κ1) is 13.4. The molecule has 3 rings (SSSR count). The summed E-state index contributed by atoms with van der Waals surface area (Å²) in [6.07, 6.45) is 0. The lowest BCUT2D eigenvalue weighted by Crippen LogP contribution is -1.99. The Morgan fingerprint density at radius 3 is 2.00 bits per heavy atom. The Morgan fingerprint density at radius 1 is 0.810 bits per heavy atom. The lowest BCUT2D eigenvalue weighted by Gasteiger charge is -2.08. The molecular formula is C19H16O2. The van der Waals surface area contributed by atoms with Crippen molar-refractivity contribution in [1.82, 2.24) is 0 Å². The molecule has 2 heteroatoms. The van der Waals surface area contributed by atoms with E-state index in [4.69, 9.17) is 5.11 Å². The maximum atomic E-state index is 11.1. The van der Waals surface area contributed by atoms with Gasteiger partial charge in [-0.1, -0.05) is 36.4 Å². The van der Waals surface area contributed by atoms with Gasteiger partial charge in [-0.25, -0.2) is 4.79 Å². The van der Waals surface area contributed by atoms with Gasteiger partial charge in [-0.3, -0.25) is 0 Å². The molecule has 104 valence electrons. The van der Waals surface area contributed by atoms with Gasteiger partial charge in [0.1, 0.15) is 0 Å². The Bertz CT molecular complexity index is 888. The lowest BCUT2D eigenvalue weighted by molar-refractivity contribution is -0.132. The van der Waals surface area contributed by atoms with Crippen LogP contribution in [-0.2, 0) is 4.79 Å². The zero-order chi connectivity index (χ0) is 15.0. The van der Waals surface area contributed by atoms with Gasteiger partial charge in [0.15, 0.2) is 0 Å². The average molecular weight is 276 g/mol. The Balaban J connectivity index is 2.22. The van der Waals surface area contributed by atoms with E-state index in [-0.39, 0.29) is 0 Å². The summed E-state index contributed by atoms with van der Waals surface area (Å²) in [5.41, 5.74) is 2.14. The standard InChI is InChI=1S/C19H16O2/c1-12(13(2)19(20)21)14-7-8-17-10-15-5-3-4-6-16(15)11-18(17)9-14/h3-11H,1-2H3,(H,20,21)/b13-12+. The minimum atomic E-state index is -0.869. The van der Waals surface area contributed by atoms with Crippen LogP contribution < -0.4 is 0 Å². The molecule has 0 bridgehead atoms. The monoisotopic (exact) mass is 276 g/mol. The van der Waals surface area contributed by atoms with E-state index in [1.54, 1.807) is 6.92 Å². The second kappa shape index (κ2) is 5.06. The zero-order valence-electron chi connectivity index (χ0n) is 12.1. The molecule has 2 nitrogen and oxygen atoms in total. The lowest BCUT2D eigenvalue weighted by atomic mass is 9.97. The highest BCUT2D eigenvalue weighted by atomic mass is 16.4. The van der Waals surface area contributed by atoms with Crippen LogP contribution in [0, 0.1) is 0 Å². The highest BCUT2D eigenvalue weighted by Gasteiger charge is 2.08. The molecule has 0 unspecified atom stereocenters. The van der Waals surface area contributed by atoms with Crippen LogP contribution in [0.25, 0.3) is 27.1 Å². The third-order valence-electron chi connectivity index (χ3n) is 4.02. The molecule has 0 atom stereocenters. The first-order valence-electron chi connectivity index (χ1n) is 6.90. The molecule has 0 saturated carbocycles. The Morgan fingerprint density at radius 2 is 1.38 bits per heavy atom. The minimum Gasteiger partial charge on any atom is -0.478 e. The van der Waals surface area contributed by atoms with Gasteiger partial charge in [0.05, 0.1) is 0 Å². The summed E-state index contributed by atoms with van der Waals surface area (Å²) in [7, 11) is 0. The van der Waals surface area contributed by atoms with Crippen LogP contribution in [0.1, 0.15) is 19.4 Å². The summed E-state index contributed by atoms with van der Waals surface area (Å²) in [4.78, 5) is 11.1. The van der Waals surface area contributed by atoms with Gasteiger partial charge in [0.2, 0.25) is 0 Å². The predicted octanol–water partition coefficient (Wildman–Crippen LogP) is 4.87. The molecule has 0 aliphatic rings. The number of carboxylic acid groups (broad SMARTS) is 1. The SMILES string of the molecule is C/C(C(=O)O)=C(/C)c1ccc2cc3ccccc3cc2c1. The van der Waals surface area contributed by atoms with Crippen molar-refractivity contribution in [3.05, 3.63) is 65.7 Å². The van der Waals surface area contributed by atoms with Crippen molar-refractivity contribution in [3.63, 3.8) is 0 Å². The summed E-state index contributed by atoms with van der Waals surface area (Å²) in [6, 6.07) is 18.7. The van der Waals surface area contributed by atoms with Gasteiger partial charge in [-0.05, 0) is 64.7 Å². The number of carboxylic acids is 1. The number of hydrogen-bond acceptors (Lipinski definition) is 1. The van der Waals surface area contributed by atoms with Crippen molar-refractivity contribution in [2.45, 2.75) is 13.8 Å². The number of rotatable bonds is 2. The smallest absolute Gasteiger partial charge is 0.331 e. The molecular weight excluding hydrogens is 260 g/mol. The van der Waals surface area contributed by atoms with E-state index in [9.17, 15) is 4.79 Å². The van der Waals surface area contributed by atoms with Gasteiger partial charge in [-0.2, -0.15) is 0 Å². The first-order chi connectivity index (χ1) is 10.1. The maximum Gasteiger partial charge on any atom is 0.331 e. The number of aliphatic carboxylic acids is 1. The van der Waals surface area contributed by atoms with Gasteiger partial charge in [0.25, 0.3) is 0 Å². The second-order valence-electron chi connectivity index (χ2n) is 5.32. The third-order valence-corrected chi connectivity index (χ3v) is 4.02. The van der Waals surface area contributed by atoms with Crippen LogP contribution in [0.5, 0.6) is 0 Å². The molecule has 0 aliphatic carbocycles. The van der Waals surface area contributed by atoms with Crippen molar-refractivity contribution in [2.75, 3.05) is 0 Å².